The molecule has 166 valence electrons. The molecule has 1 aromatic heterocycles. The minimum atomic E-state index is -0.836. The summed E-state index contributed by atoms with van der Waals surface area (Å²) in [6, 6.07) is 17.8. The first-order valence-corrected chi connectivity index (χ1v) is 11.5. The molecule has 1 heterocycles. The summed E-state index contributed by atoms with van der Waals surface area (Å²) in [6.45, 7) is 0.316. The van der Waals surface area contributed by atoms with Crippen LogP contribution in [0.1, 0.15) is 22.3 Å². The number of aromatic nitrogens is 1. The number of hydroxylamine groups is 1. The highest BCUT2D eigenvalue weighted by Gasteiger charge is 2.22. The van der Waals surface area contributed by atoms with Crippen LogP contribution >= 0.6 is 11.8 Å². The third kappa shape index (κ3) is 6.32. The first-order chi connectivity index (χ1) is 15.6. The maximum absolute atomic E-state index is 13.1. The first kappa shape index (κ1) is 23.3. The van der Waals surface area contributed by atoms with Crippen molar-refractivity contribution in [2.75, 3.05) is 12.0 Å². The number of nitrogens with zero attached hydrogens (tertiary/aromatic N) is 1. The van der Waals surface area contributed by atoms with Gasteiger partial charge in [-0.25, -0.2) is 5.48 Å². The van der Waals surface area contributed by atoms with Gasteiger partial charge in [0, 0.05) is 11.8 Å². The summed E-state index contributed by atoms with van der Waals surface area (Å²) >= 11 is 1.56. The van der Waals surface area contributed by atoms with Gasteiger partial charge < -0.3 is 10.1 Å². The Balaban J connectivity index is 1.86. The highest BCUT2D eigenvalue weighted by molar-refractivity contribution is 7.98. The maximum atomic E-state index is 13.1. The number of hydrogen-bond acceptors (Lipinski definition) is 6. The molecule has 0 spiro atoms. The summed E-state index contributed by atoms with van der Waals surface area (Å²) in [5.41, 5.74) is 4.55. The molecule has 8 heteroatoms. The molecule has 7 nitrogen and oxygen atoms in total. The normalized spacial score (nSPS) is 11.4. The monoisotopic (exact) mass is 451 g/mol. The Bertz CT molecular complexity index is 1030. The predicted molar refractivity (Wildman–Crippen MR) is 125 cm³/mol. The molecule has 0 aliphatic carbocycles. The van der Waals surface area contributed by atoms with E-state index in [1.54, 1.807) is 41.8 Å². The van der Waals surface area contributed by atoms with E-state index in [1.165, 1.54) is 0 Å². The molecule has 0 bridgehead atoms. The Morgan fingerprint density at radius 2 is 1.94 bits per heavy atom. The topological polar surface area (TPSA) is 101 Å². The Labute approximate surface area is 191 Å². The fourth-order valence-electron chi connectivity index (χ4n) is 3.15. The Kier molecular flexibility index (Phi) is 8.65. The lowest BCUT2D eigenvalue weighted by atomic mass is 9.96. The van der Waals surface area contributed by atoms with E-state index in [9.17, 15) is 9.59 Å². The zero-order valence-electron chi connectivity index (χ0n) is 17.7. The van der Waals surface area contributed by atoms with E-state index < -0.39 is 17.9 Å². The molecule has 3 N–H and O–H groups in total. The van der Waals surface area contributed by atoms with Crippen molar-refractivity contribution in [3.63, 3.8) is 0 Å². The summed E-state index contributed by atoms with van der Waals surface area (Å²) in [5.74, 6) is 0.282. The minimum Gasteiger partial charge on any atom is -0.487 e. The molecule has 2 aromatic carbocycles. The van der Waals surface area contributed by atoms with Gasteiger partial charge in [0.05, 0.1) is 6.20 Å². The van der Waals surface area contributed by atoms with Crippen molar-refractivity contribution >= 4 is 23.6 Å². The molecule has 32 heavy (non-hydrogen) atoms. The number of carbonyl (C=O) groups excluding carboxylic acids is 2. The summed E-state index contributed by atoms with van der Waals surface area (Å²) in [6.07, 6.45) is 5.63. The van der Waals surface area contributed by atoms with Gasteiger partial charge in [0.25, 0.3) is 11.8 Å². The van der Waals surface area contributed by atoms with Gasteiger partial charge >= 0.3 is 0 Å². The molecule has 0 fully saturated rings. The highest BCUT2D eigenvalue weighted by Crippen LogP contribution is 2.26. The van der Waals surface area contributed by atoms with Crippen molar-refractivity contribution in [3.05, 3.63) is 84.2 Å². The summed E-state index contributed by atoms with van der Waals surface area (Å²) in [4.78, 5) is 29.2. The van der Waals surface area contributed by atoms with Gasteiger partial charge in [-0.05, 0) is 59.4 Å². The largest absolute Gasteiger partial charge is 0.487 e. The van der Waals surface area contributed by atoms with Crippen LogP contribution in [-0.4, -0.2) is 40.1 Å². The number of benzene rings is 2. The third-order valence-electron chi connectivity index (χ3n) is 4.80. The number of pyridine rings is 1. The zero-order chi connectivity index (χ0) is 22.8. The van der Waals surface area contributed by atoms with Gasteiger partial charge in [-0.1, -0.05) is 36.4 Å². The van der Waals surface area contributed by atoms with Crippen LogP contribution in [0.15, 0.2) is 73.1 Å². The lowest BCUT2D eigenvalue weighted by Crippen LogP contribution is -2.46. The molecule has 3 aromatic rings. The van der Waals surface area contributed by atoms with Crippen molar-refractivity contribution in [1.82, 2.24) is 15.8 Å². The Hall–Kier alpha value is -3.36. The molecule has 0 saturated heterocycles. The summed E-state index contributed by atoms with van der Waals surface area (Å²) < 4.78 is 5.79. The van der Waals surface area contributed by atoms with E-state index in [0.717, 1.165) is 16.7 Å². The van der Waals surface area contributed by atoms with Crippen LogP contribution in [-0.2, 0) is 11.4 Å². The number of amides is 2. The Morgan fingerprint density at radius 1 is 1.12 bits per heavy atom. The van der Waals surface area contributed by atoms with Crippen LogP contribution in [0, 0.1) is 0 Å². The second kappa shape index (κ2) is 11.9. The number of nitrogens with one attached hydrogen (secondary N) is 2. The van der Waals surface area contributed by atoms with Crippen molar-refractivity contribution in [2.45, 2.75) is 19.1 Å². The molecular weight excluding hydrogens is 426 g/mol. The van der Waals surface area contributed by atoms with Crippen LogP contribution in [0.5, 0.6) is 5.75 Å². The average molecular weight is 452 g/mol. The fourth-order valence-corrected chi connectivity index (χ4v) is 3.62. The van der Waals surface area contributed by atoms with Crippen molar-refractivity contribution in [1.29, 1.82) is 0 Å². The number of hydrogen-bond donors (Lipinski definition) is 3. The maximum Gasteiger partial charge on any atom is 0.265 e. The molecule has 0 aliphatic heterocycles. The summed E-state index contributed by atoms with van der Waals surface area (Å²) in [5, 5.41) is 11.8. The standard InChI is InChI=1S/C24H25N3O4S/c1-32-13-11-22(24(29)27-30)26-23(28)20-10-9-17(16-31-19-8-5-12-25-15-19)14-21(20)18-6-3-2-4-7-18/h2-10,12,14-15,22,30H,11,13,16H2,1H3,(H,26,28)(H,27,29). The van der Waals surface area contributed by atoms with E-state index in [4.69, 9.17) is 9.94 Å². The van der Waals surface area contributed by atoms with Crippen LogP contribution in [0.3, 0.4) is 0 Å². The van der Waals surface area contributed by atoms with Gasteiger partial charge in [-0.3, -0.25) is 19.8 Å². The van der Waals surface area contributed by atoms with Crippen molar-refractivity contribution < 1.29 is 19.5 Å². The summed E-state index contributed by atoms with van der Waals surface area (Å²) in [7, 11) is 0. The van der Waals surface area contributed by atoms with Crippen molar-refractivity contribution in [2.24, 2.45) is 0 Å². The van der Waals surface area contributed by atoms with Gasteiger partial charge in [0.2, 0.25) is 0 Å². The van der Waals surface area contributed by atoms with E-state index in [2.05, 4.69) is 10.3 Å². The minimum absolute atomic E-state index is 0.316. The second-order valence-electron chi connectivity index (χ2n) is 7.01. The second-order valence-corrected chi connectivity index (χ2v) is 7.99. The average Bonchev–Trinajstić information content (AvgIpc) is 2.85. The van der Waals surface area contributed by atoms with E-state index in [0.29, 0.717) is 30.1 Å². The lowest BCUT2D eigenvalue weighted by molar-refractivity contribution is -0.131. The molecule has 3 rings (SSSR count). The van der Waals surface area contributed by atoms with Crippen LogP contribution in [0.2, 0.25) is 0 Å². The van der Waals surface area contributed by atoms with E-state index in [-0.39, 0.29) is 0 Å². The van der Waals surface area contributed by atoms with E-state index >= 15 is 0 Å². The smallest absolute Gasteiger partial charge is 0.265 e. The molecular formula is C24H25N3O4S. The predicted octanol–water partition coefficient (Wildman–Crippen LogP) is 3.68. The molecule has 1 atom stereocenters. The van der Waals surface area contributed by atoms with Gasteiger partial charge in [0.15, 0.2) is 0 Å². The molecule has 2 amide bonds. The number of ether oxygens (including phenoxy) is 1. The van der Waals surface area contributed by atoms with E-state index in [1.807, 2.05) is 54.8 Å². The molecule has 1 unspecified atom stereocenters. The van der Waals surface area contributed by atoms with Gasteiger partial charge in [0.1, 0.15) is 18.4 Å². The van der Waals surface area contributed by atoms with Crippen LogP contribution < -0.4 is 15.5 Å². The van der Waals surface area contributed by atoms with Gasteiger partial charge in [-0.2, -0.15) is 11.8 Å². The van der Waals surface area contributed by atoms with Gasteiger partial charge in [-0.15, -0.1) is 0 Å². The zero-order valence-corrected chi connectivity index (χ0v) is 18.5. The van der Waals surface area contributed by atoms with Crippen LogP contribution in [0.4, 0.5) is 0 Å². The first-order valence-electron chi connectivity index (χ1n) is 10.1. The fraction of sp³-hybridized carbons (Fsp3) is 0.208. The lowest BCUT2D eigenvalue weighted by Gasteiger charge is -2.18. The quantitative estimate of drug-likeness (QED) is 0.321. The number of rotatable bonds is 10. The third-order valence-corrected chi connectivity index (χ3v) is 5.44. The number of thioether (sulfide) groups is 1. The SMILES string of the molecule is CSCCC(NC(=O)c1ccc(COc2cccnc2)cc1-c1ccccc1)C(=O)NO. The number of carbonyl (C=O) groups is 2. The van der Waals surface area contributed by atoms with Crippen molar-refractivity contribution in [3.8, 4) is 16.9 Å². The molecule has 0 saturated carbocycles. The molecule has 0 aliphatic rings. The Morgan fingerprint density at radius 3 is 2.62 bits per heavy atom. The van der Waals surface area contributed by atoms with Crippen LogP contribution in [0.25, 0.3) is 11.1 Å². The highest BCUT2D eigenvalue weighted by atomic mass is 32.2. The molecule has 0 radical (unpaired) electrons.